The lowest BCUT2D eigenvalue weighted by Gasteiger charge is -2.25. The van der Waals surface area contributed by atoms with E-state index in [9.17, 15) is 14.4 Å². The van der Waals surface area contributed by atoms with Crippen LogP contribution in [-0.4, -0.2) is 56.4 Å². The number of hydrogen-bond acceptors (Lipinski definition) is 4. The van der Waals surface area contributed by atoms with Crippen LogP contribution in [0.15, 0.2) is 36.4 Å². The van der Waals surface area contributed by atoms with Crippen molar-refractivity contribution in [3.8, 4) is 0 Å². The number of aldehydes is 1. The number of urea groups is 1. The fourth-order valence-electron chi connectivity index (χ4n) is 1.84. The first-order valence-electron chi connectivity index (χ1n) is 6.83. The van der Waals surface area contributed by atoms with Crippen molar-refractivity contribution in [2.45, 2.75) is 6.04 Å². The summed E-state index contributed by atoms with van der Waals surface area (Å²) in [5.74, 6) is -0.460. The van der Waals surface area contributed by atoms with Crippen LogP contribution < -0.4 is 5.32 Å². The summed E-state index contributed by atoms with van der Waals surface area (Å²) < 4.78 is 4.90. The van der Waals surface area contributed by atoms with Gasteiger partial charge in [-0.1, -0.05) is 36.4 Å². The lowest BCUT2D eigenvalue weighted by molar-refractivity contribution is -0.124. The Kier molecular flexibility index (Phi) is 7.56. The molecule has 0 aliphatic rings. The fraction of sp³-hybridized carbons (Fsp3) is 0.312. The minimum atomic E-state index is -1.17. The standard InChI is InChI=1S/C16H20N2O4/c1-17-16(21)18(10-11-22-2)14(12-19)15(20)9-8-13-6-4-3-5-7-13/h3-9,12,14H,10-11H2,1-2H3,(H,17,21). The molecular weight excluding hydrogens is 284 g/mol. The minimum absolute atomic E-state index is 0.143. The van der Waals surface area contributed by atoms with Gasteiger partial charge in [-0.25, -0.2) is 4.79 Å². The summed E-state index contributed by atoms with van der Waals surface area (Å²) in [6, 6.07) is 7.55. The molecule has 0 fully saturated rings. The summed E-state index contributed by atoms with van der Waals surface area (Å²) in [5, 5.41) is 2.41. The van der Waals surface area contributed by atoms with Crippen LogP contribution in [0.4, 0.5) is 4.79 Å². The van der Waals surface area contributed by atoms with E-state index in [0.29, 0.717) is 6.29 Å². The van der Waals surface area contributed by atoms with E-state index in [-0.39, 0.29) is 13.2 Å². The van der Waals surface area contributed by atoms with E-state index in [1.807, 2.05) is 30.3 Å². The number of carbonyl (C=O) groups is 3. The van der Waals surface area contributed by atoms with Crippen LogP contribution in [0.25, 0.3) is 6.08 Å². The predicted molar refractivity (Wildman–Crippen MR) is 83.4 cm³/mol. The molecule has 0 radical (unpaired) electrons. The molecule has 22 heavy (non-hydrogen) atoms. The quantitative estimate of drug-likeness (QED) is 0.444. The van der Waals surface area contributed by atoms with E-state index < -0.39 is 17.9 Å². The van der Waals surface area contributed by atoms with Gasteiger partial charge in [0.05, 0.1) is 6.61 Å². The third-order valence-electron chi connectivity index (χ3n) is 3.01. The molecule has 0 spiro atoms. The highest BCUT2D eigenvalue weighted by Gasteiger charge is 2.27. The summed E-state index contributed by atoms with van der Waals surface area (Å²) in [7, 11) is 2.92. The maximum absolute atomic E-state index is 12.2. The van der Waals surface area contributed by atoms with Crippen LogP contribution >= 0.6 is 0 Å². The predicted octanol–water partition coefficient (Wildman–Crippen LogP) is 1.12. The van der Waals surface area contributed by atoms with Gasteiger partial charge in [-0.15, -0.1) is 0 Å². The molecule has 0 aliphatic carbocycles. The van der Waals surface area contributed by atoms with Crippen LogP contribution in [0.2, 0.25) is 0 Å². The summed E-state index contributed by atoms with van der Waals surface area (Å²) in [5.41, 5.74) is 0.837. The lowest BCUT2D eigenvalue weighted by Crippen LogP contribution is -2.50. The molecule has 1 N–H and O–H groups in total. The Morgan fingerprint density at radius 2 is 2.00 bits per heavy atom. The number of carbonyl (C=O) groups excluding carboxylic acids is 3. The number of nitrogens with zero attached hydrogens (tertiary/aromatic N) is 1. The number of ketones is 1. The second-order valence-electron chi connectivity index (χ2n) is 4.47. The van der Waals surface area contributed by atoms with Crippen LogP contribution in [0.3, 0.4) is 0 Å². The highest BCUT2D eigenvalue weighted by molar-refractivity contribution is 6.08. The molecule has 1 unspecified atom stereocenters. The number of nitrogens with one attached hydrogen (secondary N) is 1. The molecule has 1 aromatic carbocycles. The lowest BCUT2D eigenvalue weighted by atomic mass is 10.1. The summed E-state index contributed by atoms with van der Waals surface area (Å²) >= 11 is 0. The van der Waals surface area contributed by atoms with Gasteiger partial charge in [-0.3, -0.25) is 4.79 Å². The van der Waals surface area contributed by atoms with Crippen LogP contribution in [-0.2, 0) is 14.3 Å². The van der Waals surface area contributed by atoms with Crippen LogP contribution in [0.5, 0.6) is 0 Å². The van der Waals surface area contributed by atoms with Crippen molar-refractivity contribution < 1.29 is 19.1 Å². The first kappa shape index (κ1) is 17.6. The Morgan fingerprint density at radius 3 is 2.55 bits per heavy atom. The molecule has 118 valence electrons. The third-order valence-corrected chi connectivity index (χ3v) is 3.01. The summed E-state index contributed by atoms with van der Waals surface area (Å²) in [6.07, 6.45) is 3.37. The van der Waals surface area contributed by atoms with Gasteiger partial charge in [0.15, 0.2) is 18.1 Å². The molecule has 0 aliphatic heterocycles. The normalized spacial score (nSPS) is 11.9. The SMILES string of the molecule is CNC(=O)N(CCOC)C(C=O)C(=O)C=Cc1ccccc1. The number of ether oxygens (including phenoxy) is 1. The molecule has 0 saturated carbocycles. The molecule has 0 bridgehead atoms. The molecule has 2 amide bonds. The molecular formula is C16H20N2O4. The van der Waals surface area contributed by atoms with Gasteiger partial charge in [0.25, 0.3) is 0 Å². The Hall–Kier alpha value is -2.47. The van der Waals surface area contributed by atoms with Crippen LogP contribution in [0, 0.1) is 0 Å². The molecule has 1 atom stereocenters. The third kappa shape index (κ3) is 5.14. The highest BCUT2D eigenvalue weighted by Crippen LogP contribution is 2.05. The zero-order chi connectivity index (χ0) is 16.4. The van der Waals surface area contributed by atoms with Gasteiger partial charge in [0.1, 0.15) is 0 Å². The molecule has 6 nitrogen and oxygen atoms in total. The van der Waals surface area contributed by atoms with Gasteiger partial charge >= 0.3 is 6.03 Å². The van der Waals surface area contributed by atoms with E-state index >= 15 is 0 Å². The van der Waals surface area contributed by atoms with E-state index in [1.54, 1.807) is 6.08 Å². The Morgan fingerprint density at radius 1 is 1.32 bits per heavy atom. The van der Waals surface area contributed by atoms with Crippen molar-refractivity contribution in [2.75, 3.05) is 27.3 Å². The average Bonchev–Trinajstić information content (AvgIpc) is 2.56. The van der Waals surface area contributed by atoms with Crippen LogP contribution in [0.1, 0.15) is 5.56 Å². The maximum Gasteiger partial charge on any atom is 0.318 e. The van der Waals surface area contributed by atoms with Crippen molar-refractivity contribution >= 4 is 24.2 Å². The molecule has 0 saturated heterocycles. The average molecular weight is 304 g/mol. The van der Waals surface area contributed by atoms with Gasteiger partial charge in [-0.2, -0.15) is 0 Å². The molecule has 0 heterocycles. The van der Waals surface area contributed by atoms with Gasteiger partial charge in [0, 0.05) is 20.7 Å². The minimum Gasteiger partial charge on any atom is -0.383 e. The monoisotopic (exact) mass is 304 g/mol. The Bertz CT molecular complexity index is 528. The van der Waals surface area contributed by atoms with E-state index in [1.165, 1.54) is 20.2 Å². The van der Waals surface area contributed by atoms with Gasteiger partial charge < -0.3 is 19.7 Å². The smallest absolute Gasteiger partial charge is 0.318 e. The van der Waals surface area contributed by atoms with Crippen molar-refractivity contribution in [2.24, 2.45) is 0 Å². The number of hydrogen-bond donors (Lipinski definition) is 1. The Balaban J connectivity index is 2.86. The largest absolute Gasteiger partial charge is 0.383 e. The summed E-state index contributed by atoms with van der Waals surface area (Å²) in [6.45, 7) is 0.373. The second kappa shape index (κ2) is 9.46. The second-order valence-corrected chi connectivity index (χ2v) is 4.47. The molecule has 1 rings (SSSR count). The topological polar surface area (TPSA) is 75.7 Å². The van der Waals surface area contributed by atoms with E-state index in [4.69, 9.17) is 4.74 Å². The van der Waals surface area contributed by atoms with Crippen molar-refractivity contribution in [3.63, 3.8) is 0 Å². The number of amides is 2. The van der Waals surface area contributed by atoms with Gasteiger partial charge in [0.2, 0.25) is 0 Å². The first-order chi connectivity index (χ1) is 10.6. The molecule has 1 aromatic rings. The molecule has 0 aromatic heterocycles. The fourth-order valence-corrected chi connectivity index (χ4v) is 1.84. The highest BCUT2D eigenvalue weighted by atomic mass is 16.5. The van der Waals surface area contributed by atoms with E-state index in [0.717, 1.165) is 10.5 Å². The summed E-state index contributed by atoms with van der Waals surface area (Å²) in [4.78, 5) is 36.4. The number of methoxy groups -OCH3 is 1. The maximum atomic E-state index is 12.2. The van der Waals surface area contributed by atoms with Crippen molar-refractivity contribution in [1.29, 1.82) is 0 Å². The van der Waals surface area contributed by atoms with Crippen molar-refractivity contribution in [1.82, 2.24) is 10.2 Å². The number of rotatable bonds is 8. The molecule has 6 heteroatoms. The number of benzene rings is 1. The first-order valence-corrected chi connectivity index (χ1v) is 6.83. The zero-order valence-electron chi connectivity index (χ0n) is 12.7. The Labute approximate surface area is 129 Å². The van der Waals surface area contributed by atoms with E-state index in [2.05, 4.69) is 5.32 Å². The zero-order valence-corrected chi connectivity index (χ0v) is 12.7. The van der Waals surface area contributed by atoms with Gasteiger partial charge in [-0.05, 0) is 11.6 Å². The van der Waals surface area contributed by atoms with Crippen molar-refractivity contribution in [3.05, 3.63) is 42.0 Å².